The number of carbonyl (C=O) groups excluding carboxylic acids is 1. The van der Waals surface area contributed by atoms with E-state index < -0.39 is 0 Å². The molecule has 0 bridgehead atoms. The van der Waals surface area contributed by atoms with E-state index in [1.807, 2.05) is 30.3 Å². The van der Waals surface area contributed by atoms with Gasteiger partial charge in [0.2, 0.25) is 0 Å². The Balaban J connectivity index is 1.69. The lowest BCUT2D eigenvalue weighted by Gasteiger charge is -2.12. The lowest BCUT2D eigenvalue weighted by Crippen LogP contribution is -2.39. The van der Waals surface area contributed by atoms with Gasteiger partial charge in [0, 0.05) is 18.7 Å². The number of nitrogens with two attached hydrogens (primary N) is 1. The van der Waals surface area contributed by atoms with E-state index in [1.165, 1.54) is 16.8 Å². The molecule has 0 aliphatic heterocycles. The summed E-state index contributed by atoms with van der Waals surface area (Å²) in [5, 5.41) is 6.95. The molecule has 6 heteroatoms. The molecule has 1 fully saturated rings. The zero-order valence-corrected chi connectivity index (χ0v) is 12.8. The molecule has 1 aliphatic rings. The van der Waals surface area contributed by atoms with E-state index in [9.17, 15) is 9.59 Å². The van der Waals surface area contributed by atoms with Gasteiger partial charge >= 0.3 is 0 Å². The van der Waals surface area contributed by atoms with Crippen LogP contribution in [0.15, 0.2) is 47.3 Å². The third kappa shape index (κ3) is 4.04. The lowest BCUT2D eigenvalue weighted by molar-refractivity contribution is 0.0943. The molecule has 1 aromatic carbocycles. The summed E-state index contributed by atoms with van der Waals surface area (Å²) < 4.78 is 1.30. The van der Waals surface area contributed by atoms with Crippen molar-refractivity contribution in [3.8, 4) is 0 Å². The zero-order valence-electron chi connectivity index (χ0n) is 12.8. The molecule has 1 saturated carbocycles. The molecule has 120 valence electrons. The Morgan fingerprint density at radius 3 is 2.70 bits per heavy atom. The van der Waals surface area contributed by atoms with E-state index in [2.05, 4.69) is 10.4 Å². The van der Waals surface area contributed by atoms with Gasteiger partial charge in [0.05, 0.1) is 6.54 Å². The first kappa shape index (κ1) is 15.4. The van der Waals surface area contributed by atoms with Gasteiger partial charge in [-0.1, -0.05) is 30.3 Å². The summed E-state index contributed by atoms with van der Waals surface area (Å²) in [5.41, 5.74) is 6.91. The van der Waals surface area contributed by atoms with Gasteiger partial charge in [-0.25, -0.2) is 4.68 Å². The quantitative estimate of drug-likeness (QED) is 0.824. The number of aromatic nitrogens is 2. The molecule has 6 nitrogen and oxygen atoms in total. The van der Waals surface area contributed by atoms with Gasteiger partial charge in [-0.05, 0) is 30.4 Å². The van der Waals surface area contributed by atoms with Crippen molar-refractivity contribution in [3.05, 3.63) is 64.1 Å². The molecule has 1 atom stereocenters. The monoisotopic (exact) mass is 312 g/mol. The summed E-state index contributed by atoms with van der Waals surface area (Å²) in [4.78, 5) is 24.1. The zero-order chi connectivity index (χ0) is 16.2. The van der Waals surface area contributed by atoms with Crippen molar-refractivity contribution in [2.75, 3.05) is 6.54 Å². The number of benzene rings is 1. The highest BCUT2D eigenvalue weighted by atomic mass is 16.2. The molecule has 1 unspecified atom stereocenters. The van der Waals surface area contributed by atoms with Crippen LogP contribution < -0.4 is 16.6 Å². The Bertz CT molecular complexity index is 738. The van der Waals surface area contributed by atoms with Gasteiger partial charge in [-0.15, -0.1) is 0 Å². The first-order valence-corrected chi connectivity index (χ1v) is 7.79. The number of nitrogens with zero attached hydrogens (tertiary/aromatic N) is 2. The average molecular weight is 312 g/mol. The number of nitrogens with one attached hydrogen (secondary N) is 1. The molecular formula is C17H20N4O2. The van der Waals surface area contributed by atoms with Crippen molar-refractivity contribution in [2.24, 2.45) is 11.7 Å². The predicted molar refractivity (Wildman–Crippen MR) is 87.1 cm³/mol. The van der Waals surface area contributed by atoms with E-state index in [1.54, 1.807) is 0 Å². The van der Waals surface area contributed by atoms with Crippen LogP contribution in [0, 0.1) is 5.92 Å². The van der Waals surface area contributed by atoms with Gasteiger partial charge in [0.15, 0.2) is 0 Å². The Labute approximate surface area is 134 Å². The summed E-state index contributed by atoms with van der Waals surface area (Å²) in [6, 6.07) is 12.3. The number of carbonyl (C=O) groups is 1. The molecule has 1 amide bonds. The van der Waals surface area contributed by atoms with Crippen molar-refractivity contribution in [2.45, 2.75) is 25.4 Å². The highest BCUT2D eigenvalue weighted by molar-refractivity contribution is 5.92. The number of hydrogen-bond acceptors (Lipinski definition) is 4. The smallest absolute Gasteiger partial charge is 0.271 e. The molecule has 1 heterocycles. The van der Waals surface area contributed by atoms with Gasteiger partial charge in [0.25, 0.3) is 11.5 Å². The highest BCUT2D eigenvalue weighted by Gasteiger charge is 2.28. The maximum absolute atomic E-state index is 12.2. The third-order valence-corrected chi connectivity index (χ3v) is 4.00. The van der Waals surface area contributed by atoms with E-state index in [4.69, 9.17) is 5.73 Å². The fourth-order valence-corrected chi connectivity index (χ4v) is 2.43. The summed E-state index contributed by atoms with van der Waals surface area (Å²) in [5.74, 6) is 0.221. The van der Waals surface area contributed by atoms with Crippen LogP contribution in [0.2, 0.25) is 0 Å². The molecule has 0 radical (unpaired) electrons. The molecule has 0 spiro atoms. The summed E-state index contributed by atoms with van der Waals surface area (Å²) in [7, 11) is 0. The van der Waals surface area contributed by atoms with E-state index in [0.29, 0.717) is 19.0 Å². The second-order valence-electron chi connectivity index (χ2n) is 5.91. The molecule has 1 aromatic heterocycles. The fraction of sp³-hybridized carbons (Fsp3) is 0.353. The van der Waals surface area contributed by atoms with Crippen LogP contribution in [0.25, 0.3) is 0 Å². The normalized spacial score (nSPS) is 15.2. The average Bonchev–Trinajstić information content (AvgIpc) is 3.40. The second kappa shape index (κ2) is 6.75. The molecule has 0 saturated heterocycles. The standard InChI is InChI=1S/C17H20N4O2/c18-14(13-6-7-13)10-19-17(23)15-8-9-16(22)21(20-15)11-12-4-2-1-3-5-12/h1-5,8-9,13-14H,6-7,10-11,18H2,(H,19,23). The van der Waals surface area contributed by atoms with Crippen molar-refractivity contribution in [1.82, 2.24) is 15.1 Å². The number of rotatable bonds is 6. The van der Waals surface area contributed by atoms with E-state index >= 15 is 0 Å². The Morgan fingerprint density at radius 2 is 2.00 bits per heavy atom. The maximum atomic E-state index is 12.2. The van der Waals surface area contributed by atoms with Crippen LogP contribution >= 0.6 is 0 Å². The molecule has 3 N–H and O–H groups in total. The third-order valence-electron chi connectivity index (χ3n) is 4.00. The van der Waals surface area contributed by atoms with Gasteiger partial charge in [-0.3, -0.25) is 9.59 Å². The minimum atomic E-state index is -0.303. The Hall–Kier alpha value is -2.47. The van der Waals surface area contributed by atoms with E-state index in [-0.39, 0.29) is 23.2 Å². The summed E-state index contributed by atoms with van der Waals surface area (Å²) >= 11 is 0. The molecule has 2 aromatic rings. The molecule has 23 heavy (non-hydrogen) atoms. The second-order valence-corrected chi connectivity index (χ2v) is 5.91. The summed E-state index contributed by atoms with van der Waals surface area (Å²) in [6.07, 6.45) is 2.27. The molecule has 3 rings (SSSR count). The summed E-state index contributed by atoms with van der Waals surface area (Å²) in [6.45, 7) is 0.769. The molecular weight excluding hydrogens is 292 g/mol. The van der Waals surface area contributed by atoms with E-state index in [0.717, 1.165) is 18.4 Å². The van der Waals surface area contributed by atoms with Crippen molar-refractivity contribution < 1.29 is 4.79 Å². The van der Waals surface area contributed by atoms with Crippen LogP contribution in [-0.2, 0) is 6.54 Å². The van der Waals surface area contributed by atoms with Gasteiger partial charge in [0.1, 0.15) is 5.69 Å². The van der Waals surface area contributed by atoms with Crippen LogP contribution in [0.3, 0.4) is 0 Å². The van der Waals surface area contributed by atoms with Crippen LogP contribution in [0.5, 0.6) is 0 Å². The van der Waals surface area contributed by atoms with Crippen molar-refractivity contribution in [3.63, 3.8) is 0 Å². The number of hydrogen-bond donors (Lipinski definition) is 2. The first-order chi connectivity index (χ1) is 11.1. The Morgan fingerprint density at radius 1 is 1.26 bits per heavy atom. The predicted octanol–water partition coefficient (Wildman–Crippen LogP) is 0.759. The highest BCUT2D eigenvalue weighted by Crippen LogP contribution is 2.31. The largest absolute Gasteiger partial charge is 0.349 e. The van der Waals surface area contributed by atoms with Crippen LogP contribution in [0.1, 0.15) is 28.9 Å². The maximum Gasteiger partial charge on any atom is 0.271 e. The van der Waals surface area contributed by atoms with Crippen LogP contribution in [-0.4, -0.2) is 28.3 Å². The topological polar surface area (TPSA) is 90.0 Å². The van der Waals surface area contributed by atoms with Gasteiger partial charge < -0.3 is 11.1 Å². The minimum Gasteiger partial charge on any atom is -0.349 e. The van der Waals surface area contributed by atoms with Crippen molar-refractivity contribution in [1.29, 1.82) is 0 Å². The SMILES string of the molecule is NC(CNC(=O)c1ccc(=O)n(Cc2ccccc2)n1)C1CC1. The fourth-order valence-electron chi connectivity index (χ4n) is 2.43. The number of amides is 1. The van der Waals surface area contributed by atoms with Crippen molar-refractivity contribution >= 4 is 5.91 Å². The lowest BCUT2D eigenvalue weighted by atomic mass is 10.2. The van der Waals surface area contributed by atoms with Gasteiger partial charge in [-0.2, -0.15) is 5.10 Å². The van der Waals surface area contributed by atoms with Crippen LogP contribution in [0.4, 0.5) is 0 Å². The molecule has 1 aliphatic carbocycles. The minimum absolute atomic E-state index is 0.00539. The Kier molecular flexibility index (Phi) is 4.52. The first-order valence-electron chi connectivity index (χ1n) is 7.79.